The fraction of sp³-hybridized carbons (Fsp3) is 0.692. The van der Waals surface area contributed by atoms with Crippen LogP contribution in [-0.2, 0) is 0 Å². The van der Waals surface area contributed by atoms with Crippen molar-refractivity contribution in [3.05, 3.63) is 17.8 Å². The van der Waals surface area contributed by atoms with Crippen LogP contribution >= 0.6 is 0 Å². The molecule has 2 aliphatic rings. The van der Waals surface area contributed by atoms with Gasteiger partial charge >= 0.3 is 0 Å². The summed E-state index contributed by atoms with van der Waals surface area (Å²) in [5.41, 5.74) is 1.17. The molecule has 1 aromatic rings. The molecule has 3 rings (SSSR count). The number of aromatic nitrogens is 2. The van der Waals surface area contributed by atoms with E-state index in [0.717, 1.165) is 5.82 Å². The lowest BCUT2D eigenvalue weighted by Crippen LogP contribution is -2.41. The number of fused-ring (bicyclic) bond motifs is 1. The Kier molecular flexibility index (Phi) is 2.97. The molecule has 0 aromatic carbocycles. The van der Waals surface area contributed by atoms with E-state index in [0.29, 0.717) is 12.1 Å². The zero-order valence-corrected chi connectivity index (χ0v) is 10.4. The smallest absolute Gasteiger partial charge is 0.149 e. The molecular weight excluding hydrogens is 212 g/mol. The lowest BCUT2D eigenvalue weighted by Gasteiger charge is -2.32. The predicted molar refractivity (Wildman–Crippen MR) is 68.0 cm³/mol. The standard InChI is InChI=1S/C13H20N4/c1-10-8-13(16-14-9-10)15-11-5-7-17-6-3-2-4-12(11)17/h8-9,11-12H,2-7H2,1H3,(H,15,16). The van der Waals surface area contributed by atoms with Crippen molar-refractivity contribution in [3.63, 3.8) is 0 Å². The van der Waals surface area contributed by atoms with E-state index in [4.69, 9.17) is 0 Å². The zero-order chi connectivity index (χ0) is 11.7. The summed E-state index contributed by atoms with van der Waals surface area (Å²) in [6, 6.07) is 3.36. The van der Waals surface area contributed by atoms with Gasteiger partial charge in [0.1, 0.15) is 5.82 Å². The number of aryl methyl sites for hydroxylation is 1. The molecule has 2 saturated heterocycles. The minimum atomic E-state index is 0.561. The van der Waals surface area contributed by atoms with E-state index < -0.39 is 0 Å². The van der Waals surface area contributed by atoms with Gasteiger partial charge in [0, 0.05) is 18.6 Å². The summed E-state index contributed by atoms with van der Waals surface area (Å²) in [7, 11) is 0. The molecule has 0 amide bonds. The second-order valence-electron chi connectivity index (χ2n) is 5.26. The fourth-order valence-electron chi connectivity index (χ4n) is 3.14. The Labute approximate surface area is 102 Å². The Morgan fingerprint density at radius 2 is 2.24 bits per heavy atom. The van der Waals surface area contributed by atoms with Crippen LogP contribution in [0, 0.1) is 6.92 Å². The van der Waals surface area contributed by atoms with Gasteiger partial charge in [-0.15, -0.1) is 5.10 Å². The SMILES string of the molecule is Cc1cnnc(NC2CCN3CCCCC23)c1. The number of hydrogen-bond acceptors (Lipinski definition) is 4. The molecule has 1 aromatic heterocycles. The topological polar surface area (TPSA) is 41.1 Å². The Hall–Kier alpha value is -1.16. The van der Waals surface area contributed by atoms with E-state index in [2.05, 4.69) is 33.4 Å². The molecule has 3 heterocycles. The molecule has 4 heteroatoms. The van der Waals surface area contributed by atoms with E-state index in [1.807, 2.05) is 0 Å². The number of anilines is 1. The number of nitrogens with one attached hydrogen (secondary N) is 1. The van der Waals surface area contributed by atoms with Gasteiger partial charge < -0.3 is 5.32 Å². The van der Waals surface area contributed by atoms with Crippen LogP contribution in [0.3, 0.4) is 0 Å². The highest BCUT2D eigenvalue weighted by atomic mass is 15.3. The highest BCUT2D eigenvalue weighted by Crippen LogP contribution is 2.28. The van der Waals surface area contributed by atoms with Crippen LogP contribution in [0.4, 0.5) is 5.82 Å². The first-order chi connectivity index (χ1) is 8.33. The number of nitrogens with zero attached hydrogens (tertiary/aromatic N) is 3. The summed E-state index contributed by atoms with van der Waals surface area (Å²) in [5, 5.41) is 11.7. The third-order valence-corrected chi connectivity index (χ3v) is 3.98. The highest BCUT2D eigenvalue weighted by molar-refractivity contribution is 5.37. The monoisotopic (exact) mass is 232 g/mol. The average molecular weight is 232 g/mol. The Morgan fingerprint density at radius 1 is 1.29 bits per heavy atom. The summed E-state index contributed by atoms with van der Waals surface area (Å²) in [5.74, 6) is 0.933. The number of piperidine rings is 1. The van der Waals surface area contributed by atoms with Gasteiger partial charge in [-0.05, 0) is 44.4 Å². The summed E-state index contributed by atoms with van der Waals surface area (Å²) < 4.78 is 0. The van der Waals surface area contributed by atoms with Gasteiger partial charge in [-0.25, -0.2) is 0 Å². The fourth-order valence-corrected chi connectivity index (χ4v) is 3.14. The first-order valence-corrected chi connectivity index (χ1v) is 6.63. The summed E-state index contributed by atoms with van der Waals surface area (Å²) in [4.78, 5) is 2.63. The molecule has 1 N–H and O–H groups in total. The van der Waals surface area contributed by atoms with Crippen molar-refractivity contribution < 1.29 is 0 Å². The van der Waals surface area contributed by atoms with E-state index >= 15 is 0 Å². The molecule has 0 bridgehead atoms. The summed E-state index contributed by atoms with van der Waals surface area (Å²) in [6.07, 6.45) is 7.11. The van der Waals surface area contributed by atoms with Crippen LogP contribution in [0.25, 0.3) is 0 Å². The minimum Gasteiger partial charge on any atom is -0.364 e. The molecule has 17 heavy (non-hydrogen) atoms. The zero-order valence-electron chi connectivity index (χ0n) is 10.4. The molecule has 2 unspecified atom stereocenters. The summed E-state index contributed by atoms with van der Waals surface area (Å²) >= 11 is 0. The molecule has 4 nitrogen and oxygen atoms in total. The number of hydrogen-bond donors (Lipinski definition) is 1. The van der Waals surface area contributed by atoms with Crippen molar-refractivity contribution in [1.29, 1.82) is 0 Å². The third-order valence-electron chi connectivity index (χ3n) is 3.98. The Morgan fingerprint density at radius 3 is 3.12 bits per heavy atom. The third kappa shape index (κ3) is 2.27. The van der Waals surface area contributed by atoms with Crippen molar-refractivity contribution in [2.75, 3.05) is 18.4 Å². The van der Waals surface area contributed by atoms with Gasteiger partial charge in [-0.3, -0.25) is 4.90 Å². The maximum absolute atomic E-state index is 4.16. The van der Waals surface area contributed by atoms with Crippen LogP contribution in [0.15, 0.2) is 12.3 Å². The highest BCUT2D eigenvalue weighted by Gasteiger charge is 2.35. The van der Waals surface area contributed by atoms with E-state index in [1.165, 1.54) is 44.3 Å². The quantitative estimate of drug-likeness (QED) is 0.844. The molecule has 2 fully saturated rings. The van der Waals surface area contributed by atoms with Crippen molar-refractivity contribution in [1.82, 2.24) is 15.1 Å². The van der Waals surface area contributed by atoms with Gasteiger partial charge in [-0.1, -0.05) is 6.42 Å². The van der Waals surface area contributed by atoms with Gasteiger partial charge in [0.2, 0.25) is 0 Å². The van der Waals surface area contributed by atoms with Crippen LogP contribution < -0.4 is 5.32 Å². The molecule has 2 aliphatic heterocycles. The van der Waals surface area contributed by atoms with E-state index in [1.54, 1.807) is 6.20 Å². The average Bonchev–Trinajstić information content (AvgIpc) is 2.73. The normalized spacial score (nSPS) is 29.0. The maximum Gasteiger partial charge on any atom is 0.149 e. The second-order valence-corrected chi connectivity index (χ2v) is 5.26. The van der Waals surface area contributed by atoms with Gasteiger partial charge in [0.25, 0.3) is 0 Å². The van der Waals surface area contributed by atoms with Crippen LogP contribution in [0.2, 0.25) is 0 Å². The molecule has 0 spiro atoms. The minimum absolute atomic E-state index is 0.561. The lowest BCUT2D eigenvalue weighted by atomic mass is 9.99. The van der Waals surface area contributed by atoms with Gasteiger partial charge in [-0.2, -0.15) is 5.10 Å². The maximum atomic E-state index is 4.16. The molecular formula is C13H20N4. The lowest BCUT2D eigenvalue weighted by molar-refractivity contribution is 0.192. The van der Waals surface area contributed by atoms with Crippen molar-refractivity contribution in [2.45, 2.75) is 44.7 Å². The Balaban J connectivity index is 1.69. The van der Waals surface area contributed by atoms with E-state index in [-0.39, 0.29) is 0 Å². The number of rotatable bonds is 2. The summed E-state index contributed by atoms with van der Waals surface area (Å²) in [6.45, 7) is 4.57. The first kappa shape index (κ1) is 11.0. The molecule has 92 valence electrons. The van der Waals surface area contributed by atoms with Crippen LogP contribution in [0.5, 0.6) is 0 Å². The molecule has 0 saturated carbocycles. The molecule has 0 aliphatic carbocycles. The van der Waals surface area contributed by atoms with E-state index in [9.17, 15) is 0 Å². The van der Waals surface area contributed by atoms with Crippen LogP contribution in [-0.4, -0.2) is 40.3 Å². The van der Waals surface area contributed by atoms with Crippen molar-refractivity contribution in [3.8, 4) is 0 Å². The van der Waals surface area contributed by atoms with Crippen molar-refractivity contribution >= 4 is 5.82 Å². The van der Waals surface area contributed by atoms with Crippen molar-refractivity contribution in [2.24, 2.45) is 0 Å². The Bertz CT molecular complexity index is 393. The van der Waals surface area contributed by atoms with Crippen LogP contribution in [0.1, 0.15) is 31.2 Å². The molecule has 2 atom stereocenters. The van der Waals surface area contributed by atoms with Gasteiger partial charge in [0.15, 0.2) is 0 Å². The largest absolute Gasteiger partial charge is 0.364 e. The second kappa shape index (κ2) is 4.61. The van der Waals surface area contributed by atoms with Gasteiger partial charge in [0.05, 0.1) is 6.20 Å². The predicted octanol–water partition coefficient (Wildman–Crippen LogP) is 1.82. The molecule has 0 radical (unpaired) electrons. The first-order valence-electron chi connectivity index (χ1n) is 6.63.